The first kappa shape index (κ1) is 12.1. The molecule has 4 heteroatoms. The third-order valence-corrected chi connectivity index (χ3v) is 3.41. The molecule has 0 aliphatic heterocycles. The topological polar surface area (TPSA) is 32.3 Å². The van der Waals surface area contributed by atoms with E-state index < -0.39 is 5.82 Å². The number of nitrogens with one attached hydrogen (secondary N) is 1. The molecule has 0 radical (unpaired) electrons. The summed E-state index contributed by atoms with van der Waals surface area (Å²) in [6, 6.07) is 8.59. The summed E-state index contributed by atoms with van der Waals surface area (Å²) in [5.41, 5.74) is 0.839. The van der Waals surface area contributed by atoms with Crippen molar-refractivity contribution in [2.45, 2.75) is 13.0 Å². The van der Waals surface area contributed by atoms with Crippen LogP contribution in [0.25, 0.3) is 0 Å². The van der Waals surface area contributed by atoms with Crippen molar-refractivity contribution < 1.29 is 9.50 Å². The van der Waals surface area contributed by atoms with E-state index in [0.29, 0.717) is 6.54 Å². The number of benzene rings is 1. The van der Waals surface area contributed by atoms with Crippen molar-refractivity contribution in [1.82, 2.24) is 5.32 Å². The summed E-state index contributed by atoms with van der Waals surface area (Å²) < 4.78 is 13.0. The highest BCUT2D eigenvalue weighted by Gasteiger charge is 2.01. The lowest BCUT2D eigenvalue weighted by molar-refractivity contribution is 0.431. The molecular formula is C13H14FNOS. The van der Waals surface area contributed by atoms with Gasteiger partial charge in [-0.25, -0.2) is 4.39 Å². The van der Waals surface area contributed by atoms with Gasteiger partial charge in [-0.15, -0.1) is 11.3 Å². The molecule has 1 aromatic carbocycles. The smallest absolute Gasteiger partial charge is 0.165 e. The molecule has 2 rings (SSSR count). The average Bonchev–Trinajstić information content (AvgIpc) is 2.82. The summed E-state index contributed by atoms with van der Waals surface area (Å²) in [6.07, 6.45) is 0.984. The first-order valence-corrected chi connectivity index (χ1v) is 6.34. The predicted molar refractivity (Wildman–Crippen MR) is 67.8 cm³/mol. The lowest BCUT2D eigenvalue weighted by Gasteiger charge is -2.04. The van der Waals surface area contributed by atoms with Crippen molar-refractivity contribution in [3.05, 3.63) is 52.0 Å². The third-order valence-electron chi connectivity index (χ3n) is 2.47. The third kappa shape index (κ3) is 3.54. The maximum Gasteiger partial charge on any atom is 0.165 e. The van der Waals surface area contributed by atoms with Gasteiger partial charge in [0.05, 0.1) is 0 Å². The molecule has 0 fully saturated rings. The summed E-state index contributed by atoms with van der Waals surface area (Å²) in [5, 5.41) is 14.4. The lowest BCUT2D eigenvalue weighted by atomic mass is 10.2. The molecule has 0 amide bonds. The second-order valence-electron chi connectivity index (χ2n) is 3.79. The van der Waals surface area contributed by atoms with Gasteiger partial charge in [-0.05, 0) is 35.6 Å². The molecule has 2 aromatic rings. The maximum atomic E-state index is 13.0. The molecule has 0 saturated carbocycles. The van der Waals surface area contributed by atoms with Gasteiger partial charge < -0.3 is 10.4 Å². The molecular weight excluding hydrogens is 237 g/mol. The zero-order chi connectivity index (χ0) is 12.1. The zero-order valence-corrected chi connectivity index (χ0v) is 10.1. The summed E-state index contributed by atoms with van der Waals surface area (Å²) in [6.45, 7) is 1.48. The number of phenols is 1. The van der Waals surface area contributed by atoms with E-state index in [1.165, 1.54) is 17.0 Å². The Balaban J connectivity index is 1.76. The monoisotopic (exact) mass is 251 g/mol. The summed E-state index contributed by atoms with van der Waals surface area (Å²) >= 11 is 1.74. The SMILES string of the molecule is Oc1ccc(CNCCc2cccs2)cc1F. The van der Waals surface area contributed by atoms with Crippen LogP contribution in [-0.2, 0) is 13.0 Å². The predicted octanol–water partition coefficient (Wildman–Crippen LogP) is 2.93. The van der Waals surface area contributed by atoms with Crippen LogP contribution in [0, 0.1) is 5.82 Å². The van der Waals surface area contributed by atoms with Crippen molar-refractivity contribution in [2.75, 3.05) is 6.54 Å². The minimum atomic E-state index is -0.567. The molecule has 0 aliphatic carbocycles. The fourth-order valence-corrected chi connectivity index (χ4v) is 2.27. The molecule has 0 spiro atoms. The van der Waals surface area contributed by atoms with Crippen LogP contribution in [0.2, 0.25) is 0 Å². The van der Waals surface area contributed by atoms with Gasteiger partial charge in [0.2, 0.25) is 0 Å². The van der Waals surface area contributed by atoms with Gasteiger partial charge in [-0.1, -0.05) is 12.1 Å². The van der Waals surface area contributed by atoms with E-state index in [4.69, 9.17) is 5.11 Å². The van der Waals surface area contributed by atoms with Crippen LogP contribution in [0.3, 0.4) is 0 Å². The van der Waals surface area contributed by atoms with Crippen LogP contribution < -0.4 is 5.32 Å². The van der Waals surface area contributed by atoms with E-state index in [1.54, 1.807) is 17.4 Å². The average molecular weight is 251 g/mol. The molecule has 0 atom stereocenters. The summed E-state index contributed by atoms with van der Waals surface area (Å²) in [4.78, 5) is 1.34. The highest BCUT2D eigenvalue weighted by molar-refractivity contribution is 7.09. The van der Waals surface area contributed by atoms with E-state index in [-0.39, 0.29) is 5.75 Å². The number of rotatable bonds is 5. The Morgan fingerprint density at radius 3 is 2.88 bits per heavy atom. The fraction of sp³-hybridized carbons (Fsp3) is 0.231. The quantitative estimate of drug-likeness (QED) is 0.801. The summed E-state index contributed by atoms with van der Waals surface area (Å²) in [5.74, 6) is -0.866. The highest BCUT2D eigenvalue weighted by Crippen LogP contribution is 2.16. The Bertz CT molecular complexity index is 470. The standard InChI is InChI=1S/C13H14FNOS/c14-12-8-10(3-4-13(12)16)9-15-6-5-11-2-1-7-17-11/h1-4,7-8,15-16H,5-6,9H2. The molecule has 0 saturated heterocycles. The largest absolute Gasteiger partial charge is 0.505 e. The van der Waals surface area contributed by atoms with Crippen LogP contribution in [-0.4, -0.2) is 11.7 Å². The molecule has 0 unspecified atom stereocenters. The van der Waals surface area contributed by atoms with Crippen molar-refractivity contribution in [1.29, 1.82) is 0 Å². The van der Waals surface area contributed by atoms with E-state index in [2.05, 4.69) is 16.8 Å². The zero-order valence-electron chi connectivity index (χ0n) is 9.32. The van der Waals surface area contributed by atoms with Crippen LogP contribution in [0.1, 0.15) is 10.4 Å². The minimum absolute atomic E-state index is 0.299. The number of thiophene rings is 1. The Hall–Kier alpha value is -1.39. The Morgan fingerprint density at radius 1 is 1.29 bits per heavy atom. The van der Waals surface area contributed by atoms with E-state index in [9.17, 15) is 4.39 Å². The first-order chi connectivity index (χ1) is 8.25. The number of phenolic OH excluding ortho intramolecular Hbond substituents is 1. The Morgan fingerprint density at radius 2 is 2.18 bits per heavy atom. The van der Waals surface area contributed by atoms with E-state index >= 15 is 0 Å². The van der Waals surface area contributed by atoms with Crippen molar-refractivity contribution in [3.63, 3.8) is 0 Å². The number of aromatic hydroxyl groups is 1. The van der Waals surface area contributed by atoms with Gasteiger partial charge in [-0.2, -0.15) is 0 Å². The van der Waals surface area contributed by atoms with Crippen LogP contribution in [0.4, 0.5) is 4.39 Å². The van der Waals surface area contributed by atoms with Crippen LogP contribution in [0.15, 0.2) is 35.7 Å². The second-order valence-corrected chi connectivity index (χ2v) is 4.82. The van der Waals surface area contributed by atoms with Gasteiger partial charge in [0.25, 0.3) is 0 Å². The summed E-state index contributed by atoms with van der Waals surface area (Å²) in [7, 11) is 0. The molecule has 1 heterocycles. The molecule has 1 aromatic heterocycles. The lowest BCUT2D eigenvalue weighted by Crippen LogP contribution is -2.16. The molecule has 2 nitrogen and oxygen atoms in total. The van der Waals surface area contributed by atoms with Gasteiger partial charge in [-0.3, -0.25) is 0 Å². The molecule has 0 bridgehead atoms. The Labute approximate surface area is 104 Å². The minimum Gasteiger partial charge on any atom is -0.505 e. The molecule has 90 valence electrons. The number of hydrogen-bond donors (Lipinski definition) is 2. The normalized spacial score (nSPS) is 10.6. The number of halogens is 1. The first-order valence-electron chi connectivity index (χ1n) is 5.46. The molecule has 17 heavy (non-hydrogen) atoms. The van der Waals surface area contributed by atoms with Crippen molar-refractivity contribution in [3.8, 4) is 5.75 Å². The maximum absolute atomic E-state index is 13.0. The molecule has 2 N–H and O–H groups in total. The van der Waals surface area contributed by atoms with E-state index in [1.807, 2.05) is 6.07 Å². The molecule has 0 aliphatic rings. The Kier molecular flexibility index (Phi) is 4.12. The van der Waals surface area contributed by atoms with Gasteiger partial charge in [0.1, 0.15) is 0 Å². The van der Waals surface area contributed by atoms with Crippen molar-refractivity contribution >= 4 is 11.3 Å². The van der Waals surface area contributed by atoms with Gasteiger partial charge in [0.15, 0.2) is 11.6 Å². The van der Waals surface area contributed by atoms with E-state index in [0.717, 1.165) is 18.5 Å². The number of hydrogen-bond acceptors (Lipinski definition) is 3. The highest BCUT2D eigenvalue weighted by atomic mass is 32.1. The van der Waals surface area contributed by atoms with Crippen LogP contribution >= 0.6 is 11.3 Å². The van der Waals surface area contributed by atoms with Crippen LogP contribution in [0.5, 0.6) is 5.75 Å². The van der Waals surface area contributed by atoms with Gasteiger partial charge in [0, 0.05) is 18.0 Å². The van der Waals surface area contributed by atoms with Gasteiger partial charge >= 0.3 is 0 Å². The van der Waals surface area contributed by atoms with Crippen molar-refractivity contribution in [2.24, 2.45) is 0 Å². The second kappa shape index (κ2) is 5.80. The fourth-order valence-electron chi connectivity index (χ4n) is 1.56.